The molecule has 0 aliphatic carbocycles. The van der Waals surface area contributed by atoms with Crippen molar-refractivity contribution in [3.63, 3.8) is 0 Å². The van der Waals surface area contributed by atoms with Crippen molar-refractivity contribution < 1.29 is 9.90 Å². The number of H-pyrrole nitrogens is 1. The van der Waals surface area contributed by atoms with Gasteiger partial charge in [-0.15, -0.1) is 0 Å². The largest absolute Gasteiger partial charge is 0.494 e. The highest BCUT2D eigenvalue weighted by Gasteiger charge is 2.34. The number of aromatic amines is 1. The van der Waals surface area contributed by atoms with Gasteiger partial charge in [0, 0.05) is 29.0 Å². The molecule has 0 atom stereocenters. The minimum absolute atomic E-state index is 0.0337. The predicted molar refractivity (Wildman–Crippen MR) is 282 cm³/mol. The van der Waals surface area contributed by atoms with Gasteiger partial charge in [0.15, 0.2) is 5.88 Å². The molecular formula is C54H80Br4N2O2. The van der Waals surface area contributed by atoms with Crippen molar-refractivity contribution in [1.29, 1.82) is 0 Å². The van der Waals surface area contributed by atoms with E-state index in [2.05, 4.69) is 99.7 Å². The number of benzene rings is 2. The standard InChI is InChI=1S/C54H80Br4N2O2/c1-3-5-7-9-11-13-15-17-19-21-23-25-27-29-31-33-35-43-45(55)37-41(38-46(43)56)51-49-50(54(62)59-51)52(60-53(49)61)42-39-47(57)44(48(58)40-42)36-34-32-30-28-26-24-22-20-18-16-14-12-10-8-6-4-2/h37-40,59,62H,3-36H2,1-2H3. The summed E-state index contributed by atoms with van der Waals surface area (Å²) in [4.78, 5) is 21.2. The van der Waals surface area contributed by atoms with E-state index in [1.807, 2.05) is 12.1 Å². The van der Waals surface area contributed by atoms with Crippen molar-refractivity contribution in [3.05, 3.63) is 70.0 Å². The van der Waals surface area contributed by atoms with Crippen LogP contribution in [0, 0.1) is 0 Å². The van der Waals surface area contributed by atoms with Gasteiger partial charge < -0.3 is 10.1 Å². The lowest BCUT2D eigenvalue weighted by Crippen LogP contribution is -2.02. The Bertz CT molecular complexity index is 1740. The molecule has 8 heteroatoms. The fourth-order valence-electron chi connectivity index (χ4n) is 9.23. The van der Waals surface area contributed by atoms with Gasteiger partial charge in [0.25, 0.3) is 5.91 Å². The SMILES string of the molecule is CCCCCCCCCCCCCCCCCCc1c(Br)cc(C2=NC(=O)c3c(-c4cc(Br)c(CCCCCCCCCCCCCCCCCC)c(Br)c4)[nH]c(O)c32)cc1Br. The van der Waals surface area contributed by atoms with Crippen molar-refractivity contribution in [2.45, 2.75) is 232 Å². The second-order valence-corrected chi connectivity index (χ2v) is 21.7. The summed E-state index contributed by atoms with van der Waals surface area (Å²) in [6.45, 7) is 4.58. The van der Waals surface area contributed by atoms with Crippen LogP contribution in [-0.2, 0) is 12.8 Å². The van der Waals surface area contributed by atoms with E-state index >= 15 is 0 Å². The molecule has 0 spiro atoms. The van der Waals surface area contributed by atoms with Crippen LogP contribution in [0.3, 0.4) is 0 Å². The molecule has 4 rings (SSSR count). The summed E-state index contributed by atoms with van der Waals surface area (Å²) in [6, 6.07) is 8.20. The number of hydrogen-bond donors (Lipinski definition) is 2. The van der Waals surface area contributed by atoms with Crippen LogP contribution in [0.1, 0.15) is 252 Å². The van der Waals surface area contributed by atoms with Crippen molar-refractivity contribution in [2.24, 2.45) is 4.99 Å². The minimum Gasteiger partial charge on any atom is -0.494 e. The van der Waals surface area contributed by atoms with Gasteiger partial charge in [0.2, 0.25) is 0 Å². The lowest BCUT2D eigenvalue weighted by Gasteiger charge is -2.11. The van der Waals surface area contributed by atoms with E-state index in [0.29, 0.717) is 22.5 Å². The molecule has 4 nitrogen and oxygen atoms in total. The Balaban J connectivity index is 1.17. The summed E-state index contributed by atoms with van der Waals surface area (Å²) < 4.78 is 4.00. The van der Waals surface area contributed by atoms with Gasteiger partial charge in [0.05, 0.1) is 22.5 Å². The summed E-state index contributed by atoms with van der Waals surface area (Å²) in [5.74, 6) is -0.371. The summed E-state index contributed by atoms with van der Waals surface area (Å²) in [6.07, 6.45) is 45.6. The zero-order valence-electron chi connectivity index (χ0n) is 38.7. The minimum atomic E-state index is -0.337. The van der Waals surface area contributed by atoms with Gasteiger partial charge in [-0.25, -0.2) is 4.99 Å². The number of aromatic nitrogens is 1. The van der Waals surface area contributed by atoms with Crippen LogP contribution >= 0.6 is 63.7 Å². The third kappa shape index (κ3) is 18.6. The Morgan fingerprint density at radius 3 is 1.05 bits per heavy atom. The van der Waals surface area contributed by atoms with Crippen LogP contribution < -0.4 is 0 Å². The van der Waals surface area contributed by atoms with Crippen LogP contribution in [0.15, 0.2) is 47.1 Å². The smallest absolute Gasteiger partial charge is 0.280 e. The Kier molecular flexibility index (Phi) is 27.3. The first-order valence-electron chi connectivity index (χ1n) is 25.3. The Morgan fingerprint density at radius 1 is 0.435 bits per heavy atom. The fraction of sp³-hybridized carbons (Fsp3) is 0.667. The van der Waals surface area contributed by atoms with E-state index in [1.165, 1.54) is 204 Å². The molecule has 346 valence electrons. The maximum atomic E-state index is 13.5. The first kappa shape index (κ1) is 53.4. The van der Waals surface area contributed by atoms with Crippen LogP contribution in [0.2, 0.25) is 0 Å². The second kappa shape index (κ2) is 31.7. The van der Waals surface area contributed by atoms with Crippen molar-refractivity contribution in [2.75, 3.05) is 0 Å². The van der Waals surface area contributed by atoms with E-state index in [4.69, 9.17) is 0 Å². The predicted octanol–water partition coefficient (Wildman–Crippen LogP) is 20.0. The number of hydrogen-bond acceptors (Lipinski definition) is 2. The number of unbranched alkanes of at least 4 members (excludes halogenated alkanes) is 30. The first-order chi connectivity index (χ1) is 30.3. The van der Waals surface area contributed by atoms with E-state index < -0.39 is 0 Å². The number of nitrogens with zero attached hydrogens (tertiary/aromatic N) is 1. The Morgan fingerprint density at radius 2 is 0.726 bits per heavy atom. The number of carbonyl (C=O) groups is 1. The number of fused-ring (bicyclic) bond motifs is 1. The van der Waals surface area contributed by atoms with Gasteiger partial charge in [-0.3, -0.25) is 4.79 Å². The molecule has 3 aromatic rings. The van der Waals surface area contributed by atoms with Crippen LogP contribution in [0.5, 0.6) is 5.88 Å². The monoisotopic (exact) mass is 1100 g/mol. The highest BCUT2D eigenvalue weighted by Crippen LogP contribution is 2.42. The van der Waals surface area contributed by atoms with Crippen molar-refractivity contribution >= 4 is 75.3 Å². The van der Waals surface area contributed by atoms with E-state index in [1.54, 1.807) is 0 Å². The topological polar surface area (TPSA) is 65.5 Å². The third-order valence-electron chi connectivity index (χ3n) is 13.0. The molecule has 62 heavy (non-hydrogen) atoms. The third-order valence-corrected chi connectivity index (χ3v) is 15.9. The normalized spacial score (nSPS) is 12.5. The summed E-state index contributed by atoms with van der Waals surface area (Å²) in [7, 11) is 0. The molecule has 1 aliphatic rings. The fourth-order valence-corrected chi connectivity index (χ4v) is 12.4. The number of halogens is 4. The highest BCUT2D eigenvalue weighted by atomic mass is 79.9. The number of aliphatic imine (C=N–C) groups is 1. The van der Waals surface area contributed by atoms with Gasteiger partial charge in [0.1, 0.15) is 0 Å². The van der Waals surface area contributed by atoms with E-state index in [0.717, 1.165) is 54.7 Å². The summed E-state index contributed by atoms with van der Waals surface area (Å²) in [5, 5.41) is 11.2. The van der Waals surface area contributed by atoms with Gasteiger partial charge in [-0.2, -0.15) is 0 Å². The van der Waals surface area contributed by atoms with Crippen molar-refractivity contribution in [1.82, 2.24) is 4.98 Å². The summed E-state index contributed by atoms with van der Waals surface area (Å²) >= 11 is 15.3. The molecule has 1 aromatic heterocycles. The van der Waals surface area contributed by atoms with Gasteiger partial charge in [-0.05, 0) is 61.1 Å². The number of rotatable bonds is 36. The molecular weight excluding hydrogens is 1030 g/mol. The zero-order chi connectivity index (χ0) is 44.4. The molecule has 0 radical (unpaired) electrons. The molecule has 0 unspecified atom stereocenters. The maximum absolute atomic E-state index is 13.5. The Labute approximate surface area is 411 Å². The molecule has 2 aromatic carbocycles. The molecule has 0 saturated carbocycles. The molecule has 1 aliphatic heterocycles. The van der Waals surface area contributed by atoms with E-state index in [9.17, 15) is 9.90 Å². The molecule has 2 N–H and O–H groups in total. The van der Waals surface area contributed by atoms with Gasteiger partial charge >= 0.3 is 0 Å². The number of carbonyl (C=O) groups excluding carboxylic acids is 1. The molecule has 2 heterocycles. The molecule has 0 bridgehead atoms. The average molecular weight is 1110 g/mol. The lowest BCUT2D eigenvalue weighted by atomic mass is 9.97. The molecule has 0 fully saturated rings. The van der Waals surface area contributed by atoms with E-state index in [-0.39, 0.29) is 11.8 Å². The maximum Gasteiger partial charge on any atom is 0.280 e. The second-order valence-electron chi connectivity index (χ2n) is 18.3. The van der Waals surface area contributed by atoms with Crippen LogP contribution in [0.4, 0.5) is 0 Å². The van der Waals surface area contributed by atoms with Crippen LogP contribution in [0.25, 0.3) is 11.3 Å². The number of aromatic hydroxyl groups is 1. The van der Waals surface area contributed by atoms with Crippen molar-refractivity contribution in [3.8, 4) is 17.1 Å². The Hall–Kier alpha value is -1.22. The molecule has 1 amide bonds. The van der Waals surface area contributed by atoms with Crippen LogP contribution in [-0.4, -0.2) is 21.7 Å². The highest BCUT2D eigenvalue weighted by molar-refractivity contribution is 9.11. The van der Waals surface area contributed by atoms with Gasteiger partial charge in [-0.1, -0.05) is 270 Å². The first-order valence-corrected chi connectivity index (χ1v) is 28.5. The zero-order valence-corrected chi connectivity index (χ0v) is 45.0. The molecule has 0 saturated heterocycles. The number of amides is 1. The number of nitrogens with one attached hydrogen (secondary N) is 1. The lowest BCUT2D eigenvalue weighted by molar-refractivity contribution is 0.101. The quantitative estimate of drug-likeness (QED) is 0.0570. The summed E-state index contributed by atoms with van der Waals surface area (Å²) in [5.41, 5.74) is 6.08. The average Bonchev–Trinajstić information content (AvgIpc) is 3.78.